The molecule has 1 fully saturated rings. The molecule has 0 bridgehead atoms. The lowest BCUT2D eigenvalue weighted by molar-refractivity contribution is -0.127. The van der Waals surface area contributed by atoms with E-state index in [-0.39, 0.29) is 12.7 Å². The molecule has 1 amide bonds. The topological polar surface area (TPSA) is 50.8 Å². The lowest BCUT2D eigenvalue weighted by Crippen LogP contribution is -2.43. The van der Waals surface area contributed by atoms with Crippen LogP contribution in [-0.2, 0) is 4.79 Å². The summed E-state index contributed by atoms with van der Waals surface area (Å²) in [6, 6.07) is 6.00. The summed E-state index contributed by atoms with van der Waals surface area (Å²) in [6.07, 6.45) is 5.47. The van der Waals surface area contributed by atoms with Crippen molar-refractivity contribution in [2.75, 3.05) is 26.9 Å². The Morgan fingerprint density at radius 2 is 2.05 bits per heavy atom. The maximum atomic E-state index is 12.2. The van der Waals surface area contributed by atoms with Crippen molar-refractivity contribution < 1.29 is 14.3 Å². The average molecular weight is 288 g/mol. The number of nitrogens with one attached hydrogen (secondary N) is 1. The second-order valence-electron chi connectivity index (χ2n) is 5.38. The lowest BCUT2D eigenvalue weighted by atomic mass is 10.1. The van der Waals surface area contributed by atoms with Gasteiger partial charge in [0.25, 0.3) is 0 Å². The Balaban J connectivity index is 1.63. The first kappa shape index (κ1) is 13.9. The fourth-order valence-electron chi connectivity index (χ4n) is 2.68. The molecule has 5 nitrogen and oxygen atoms in total. The molecule has 2 aliphatic rings. The van der Waals surface area contributed by atoms with E-state index >= 15 is 0 Å². The number of amides is 1. The van der Waals surface area contributed by atoms with Crippen LogP contribution in [-0.4, -0.2) is 43.8 Å². The highest BCUT2D eigenvalue weighted by atomic mass is 16.7. The zero-order chi connectivity index (χ0) is 14.7. The largest absolute Gasteiger partial charge is 0.454 e. The van der Waals surface area contributed by atoms with E-state index in [4.69, 9.17) is 9.47 Å². The van der Waals surface area contributed by atoms with E-state index < -0.39 is 0 Å². The van der Waals surface area contributed by atoms with Gasteiger partial charge in [-0.3, -0.25) is 4.79 Å². The Morgan fingerprint density at radius 1 is 1.29 bits per heavy atom. The normalized spacial score (nSPS) is 18.1. The molecule has 0 radical (unpaired) electrons. The summed E-state index contributed by atoms with van der Waals surface area (Å²) >= 11 is 0. The number of ether oxygens (including phenoxy) is 2. The predicted molar refractivity (Wildman–Crippen MR) is 80.3 cm³/mol. The first-order valence-corrected chi connectivity index (χ1v) is 7.29. The minimum atomic E-state index is 0.0413. The van der Waals surface area contributed by atoms with Crippen LogP contribution in [0, 0.1) is 0 Å². The molecule has 21 heavy (non-hydrogen) atoms. The van der Waals surface area contributed by atoms with Crippen molar-refractivity contribution in [2.24, 2.45) is 0 Å². The van der Waals surface area contributed by atoms with Crippen molar-refractivity contribution in [1.29, 1.82) is 0 Å². The summed E-state index contributed by atoms with van der Waals surface area (Å²) in [4.78, 5) is 14.0. The van der Waals surface area contributed by atoms with Gasteiger partial charge in [0.2, 0.25) is 12.7 Å². The van der Waals surface area contributed by atoms with Crippen LogP contribution in [0.25, 0.3) is 6.08 Å². The second kappa shape index (κ2) is 6.18. The fourth-order valence-corrected chi connectivity index (χ4v) is 2.68. The minimum absolute atomic E-state index is 0.0413. The average Bonchev–Trinajstić information content (AvgIpc) is 3.00. The Morgan fingerprint density at radius 3 is 2.86 bits per heavy atom. The van der Waals surface area contributed by atoms with Gasteiger partial charge in [-0.1, -0.05) is 6.07 Å². The molecular weight excluding hydrogens is 268 g/mol. The summed E-state index contributed by atoms with van der Waals surface area (Å²) in [5, 5.41) is 3.31. The van der Waals surface area contributed by atoms with Crippen LogP contribution in [0.1, 0.15) is 18.4 Å². The third-order valence-electron chi connectivity index (χ3n) is 4.02. The van der Waals surface area contributed by atoms with Crippen LogP contribution in [0.2, 0.25) is 0 Å². The molecule has 0 aliphatic carbocycles. The smallest absolute Gasteiger partial charge is 0.246 e. The molecule has 1 saturated heterocycles. The molecule has 1 aromatic rings. The van der Waals surface area contributed by atoms with E-state index in [0.29, 0.717) is 6.04 Å². The van der Waals surface area contributed by atoms with Crippen molar-refractivity contribution in [1.82, 2.24) is 10.2 Å². The van der Waals surface area contributed by atoms with Gasteiger partial charge < -0.3 is 19.7 Å². The Bertz CT molecular complexity index is 550. The first-order chi connectivity index (χ1) is 10.2. The third-order valence-corrected chi connectivity index (χ3v) is 4.02. The van der Waals surface area contributed by atoms with E-state index in [1.165, 1.54) is 0 Å². The number of hydrogen-bond acceptors (Lipinski definition) is 4. The van der Waals surface area contributed by atoms with Crippen LogP contribution < -0.4 is 14.8 Å². The SMILES string of the molecule is CN(C(=O)/C=C/c1ccc2c(c1)OCO2)C1CCNCC1. The summed E-state index contributed by atoms with van der Waals surface area (Å²) in [5.41, 5.74) is 0.936. The Labute approximate surface area is 124 Å². The second-order valence-corrected chi connectivity index (χ2v) is 5.38. The van der Waals surface area contributed by atoms with Gasteiger partial charge in [-0.05, 0) is 49.7 Å². The van der Waals surface area contributed by atoms with Gasteiger partial charge in [0.1, 0.15) is 0 Å². The third kappa shape index (κ3) is 3.19. The number of carbonyl (C=O) groups excluding carboxylic acids is 1. The molecule has 2 aliphatic heterocycles. The van der Waals surface area contributed by atoms with Gasteiger partial charge in [-0.2, -0.15) is 0 Å². The molecule has 0 atom stereocenters. The van der Waals surface area contributed by atoms with Crippen LogP contribution in [0.5, 0.6) is 11.5 Å². The van der Waals surface area contributed by atoms with Gasteiger partial charge in [0.05, 0.1) is 0 Å². The maximum Gasteiger partial charge on any atom is 0.246 e. The zero-order valence-electron chi connectivity index (χ0n) is 12.2. The van der Waals surface area contributed by atoms with Crippen LogP contribution in [0.4, 0.5) is 0 Å². The summed E-state index contributed by atoms with van der Waals surface area (Å²) < 4.78 is 10.6. The quantitative estimate of drug-likeness (QED) is 0.859. The van der Waals surface area contributed by atoms with Crippen LogP contribution >= 0.6 is 0 Å². The molecule has 0 saturated carbocycles. The van der Waals surface area contributed by atoms with Gasteiger partial charge in [-0.25, -0.2) is 0 Å². The molecule has 1 N–H and O–H groups in total. The molecule has 3 rings (SSSR count). The summed E-state index contributed by atoms with van der Waals surface area (Å²) in [7, 11) is 1.88. The standard InChI is InChI=1S/C16H20N2O3/c1-18(13-6-8-17-9-7-13)16(19)5-3-12-2-4-14-15(10-12)21-11-20-14/h2-5,10,13,17H,6-9,11H2,1H3/b5-3+. The number of likely N-dealkylation sites (N-methyl/N-ethyl adjacent to an activating group) is 1. The first-order valence-electron chi connectivity index (χ1n) is 7.29. The van der Waals surface area contributed by atoms with Gasteiger partial charge in [-0.15, -0.1) is 0 Å². The predicted octanol–water partition coefficient (Wildman–Crippen LogP) is 1.64. The van der Waals surface area contributed by atoms with E-state index in [2.05, 4.69) is 5.32 Å². The van der Waals surface area contributed by atoms with Gasteiger partial charge >= 0.3 is 0 Å². The van der Waals surface area contributed by atoms with Crippen molar-refractivity contribution in [3.63, 3.8) is 0 Å². The zero-order valence-corrected chi connectivity index (χ0v) is 12.2. The van der Waals surface area contributed by atoms with Crippen molar-refractivity contribution >= 4 is 12.0 Å². The van der Waals surface area contributed by atoms with Gasteiger partial charge in [0, 0.05) is 19.2 Å². The van der Waals surface area contributed by atoms with E-state index in [9.17, 15) is 4.79 Å². The molecule has 0 unspecified atom stereocenters. The molecule has 5 heteroatoms. The monoisotopic (exact) mass is 288 g/mol. The number of fused-ring (bicyclic) bond motifs is 1. The molecular formula is C16H20N2O3. The van der Waals surface area contributed by atoms with Gasteiger partial charge in [0.15, 0.2) is 11.5 Å². The number of piperidine rings is 1. The summed E-state index contributed by atoms with van der Waals surface area (Å²) in [5.74, 6) is 1.53. The van der Waals surface area contributed by atoms with Crippen LogP contribution in [0.3, 0.4) is 0 Å². The fraction of sp³-hybridized carbons (Fsp3) is 0.438. The van der Waals surface area contributed by atoms with Crippen LogP contribution in [0.15, 0.2) is 24.3 Å². The number of nitrogens with zero attached hydrogens (tertiary/aromatic N) is 1. The van der Waals surface area contributed by atoms with Crippen molar-refractivity contribution in [2.45, 2.75) is 18.9 Å². The highest BCUT2D eigenvalue weighted by Crippen LogP contribution is 2.32. The number of carbonyl (C=O) groups is 1. The molecule has 0 aromatic heterocycles. The molecule has 112 valence electrons. The van der Waals surface area contributed by atoms with E-state index in [1.54, 1.807) is 6.08 Å². The van der Waals surface area contributed by atoms with Crippen molar-refractivity contribution in [3.05, 3.63) is 29.8 Å². The summed E-state index contributed by atoms with van der Waals surface area (Å²) in [6.45, 7) is 2.22. The Kier molecular flexibility index (Phi) is 4.10. The number of hydrogen-bond donors (Lipinski definition) is 1. The molecule has 2 heterocycles. The van der Waals surface area contributed by atoms with Crippen molar-refractivity contribution in [3.8, 4) is 11.5 Å². The highest BCUT2D eigenvalue weighted by Gasteiger charge is 2.20. The minimum Gasteiger partial charge on any atom is -0.454 e. The Hall–Kier alpha value is -2.01. The molecule has 1 aromatic carbocycles. The lowest BCUT2D eigenvalue weighted by Gasteiger charge is -2.30. The highest BCUT2D eigenvalue weighted by molar-refractivity contribution is 5.91. The van der Waals surface area contributed by atoms with E-state index in [0.717, 1.165) is 43.0 Å². The number of benzene rings is 1. The number of rotatable bonds is 3. The van der Waals surface area contributed by atoms with E-state index in [1.807, 2.05) is 36.2 Å². The maximum absolute atomic E-state index is 12.2. The molecule has 0 spiro atoms.